The minimum Gasteiger partial charge on any atom is -0.497 e. The van der Waals surface area contributed by atoms with Crippen molar-refractivity contribution < 1.29 is 4.74 Å². The lowest BCUT2D eigenvalue weighted by atomic mass is 9.99. The van der Waals surface area contributed by atoms with Gasteiger partial charge in [-0.3, -0.25) is 0 Å². The standard InChI is InChI=1S/C16H17BrClNO/c1-19-16(14-10-12(18)6-7-15(14)17)9-11-4-3-5-13(8-11)20-2/h3-8,10,16,19H,9H2,1-2H3. The summed E-state index contributed by atoms with van der Waals surface area (Å²) in [5, 5.41) is 4.09. The zero-order valence-electron chi connectivity index (χ0n) is 11.5. The lowest BCUT2D eigenvalue weighted by Gasteiger charge is -2.19. The Bertz CT molecular complexity index is 588. The molecule has 2 aromatic rings. The maximum absolute atomic E-state index is 6.10. The van der Waals surface area contributed by atoms with Crippen molar-refractivity contribution >= 4 is 27.5 Å². The van der Waals surface area contributed by atoms with Crippen molar-refractivity contribution in [2.75, 3.05) is 14.2 Å². The van der Waals surface area contributed by atoms with Crippen LogP contribution in [0.4, 0.5) is 0 Å². The molecule has 20 heavy (non-hydrogen) atoms. The van der Waals surface area contributed by atoms with Gasteiger partial charge in [-0.25, -0.2) is 0 Å². The fourth-order valence-corrected chi connectivity index (χ4v) is 2.89. The minimum absolute atomic E-state index is 0.190. The van der Waals surface area contributed by atoms with Crippen molar-refractivity contribution in [3.8, 4) is 5.75 Å². The molecule has 0 saturated carbocycles. The smallest absolute Gasteiger partial charge is 0.119 e. The molecule has 0 aliphatic carbocycles. The molecule has 0 aliphatic heterocycles. The normalized spacial score (nSPS) is 12.2. The van der Waals surface area contributed by atoms with E-state index in [0.717, 1.165) is 27.2 Å². The van der Waals surface area contributed by atoms with Crippen LogP contribution < -0.4 is 10.1 Å². The van der Waals surface area contributed by atoms with Crippen molar-refractivity contribution in [2.24, 2.45) is 0 Å². The average molecular weight is 355 g/mol. The van der Waals surface area contributed by atoms with Gasteiger partial charge in [-0.1, -0.05) is 39.7 Å². The van der Waals surface area contributed by atoms with Crippen LogP contribution in [0.1, 0.15) is 17.2 Å². The van der Waals surface area contributed by atoms with Crippen molar-refractivity contribution in [1.29, 1.82) is 0 Å². The molecule has 2 aromatic carbocycles. The first kappa shape index (κ1) is 15.4. The molecule has 0 saturated heterocycles. The lowest BCUT2D eigenvalue weighted by molar-refractivity contribution is 0.414. The topological polar surface area (TPSA) is 21.3 Å². The molecule has 0 radical (unpaired) electrons. The Kier molecular flexibility index (Phi) is 5.46. The number of hydrogen-bond donors (Lipinski definition) is 1. The summed E-state index contributed by atoms with van der Waals surface area (Å²) in [6.07, 6.45) is 0.868. The van der Waals surface area contributed by atoms with Crippen LogP contribution in [0.2, 0.25) is 5.02 Å². The third-order valence-electron chi connectivity index (χ3n) is 3.26. The Hall–Kier alpha value is -1.03. The first-order valence-corrected chi connectivity index (χ1v) is 7.56. The van der Waals surface area contributed by atoms with Crippen LogP contribution in [0.25, 0.3) is 0 Å². The maximum atomic E-state index is 6.10. The Morgan fingerprint density at radius 3 is 2.75 bits per heavy atom. The second-order valence-corrected chi connectivity index (χ2v) is 5.85. The molecule has 0 fully saturated rings. The van der Waals surface area contributed by atoms with E-state index >= 15 is 0 Å². The Morgan fingerprint density at radius 1 is 1.25 bits per heavy atom. The highest BCUT2D eigenvalue weighted by Crippen LogP contribution is 2.29. The van der Waals surface area contributed by atoms with E-state index in [0.29, 0.717) is 0 Å². The van der Waals surface area contributed by atoms with Gasteiger partial charge in [-0.2, -0.15) is 0 Å². The van der Waals surface area contributed by atoms with Crippen LogP contribution >= 0.6 is 27.5 Å². The predicted molar refractivity (Wildman–Crippen MR) is 87.7 cm³/mol. The molecule has 0 aromatic heterocycles. The van der Waals surface area contributed by atoms with Crippen LogP contribution in [-0.2, 0) is 6.42 Å². The van der Waals surface area contributed by atoms with E-state index in [-0.39, 0.29) is 6.04 Å². The quantitative estimate of drug-likeness (QED) is 0.846. The van der Waals surface area contributed by atoms with Gasteiger partial charge < -0.3 is 10.1 Å². The van der Waals surface area contributed by atoms with Crippen molar-refractivity contribution in [3.63, 3.8) is 0 Å². The van der Waals surface area contributed by atoms with Gasteiger partial charge in [-0.05, 0) is 54.9 Å². The van der Waals surface area contributed by atoms with Crippen LogP contribution in [0.3, 0.4) is 0 Å². The van der Waals surface area contributed by atoms with Gasteiger partial charge in [0.2, 0.25) is 0 Å². The largest absolute Gasteiger partial charge is 0.497 e. The first-order chi connectivity index (χ1) is 9.63. The van der Waals surface area contributed by atoms with Gasteiger partial charge in [0.1, 0.15) is 5.75 Å². The van der Waals surface area contributed by atoms with E-state index in [1.54, 1.807) is 7.11 Å². The van der Waals surface area contributed by atoms with Gasteiger partial charge in [0.05, 0.1) is 7.11 Å². The number of nitrogens with one attached hydrogen (secondary N) is 1. The molecule has 0 aliphatic rings. The van der Waals surface area contributed by atoms with E-state index in [4.69, 9.17) is 16.3 Å². The van der Waals surface area contributed by atoms with Crippen molar-refractivity contribution in [2.45, 2.75) is 12.5 Å². The van der Waals surface area contributed by atoms with Crippen molar-refractivity contribution in [1.82, 2.24) is 5.32 Å². The summed E-state index contributed by atoms with van der Waals surface area (Å²) in [4.78, 5) is 0. The van der Waals surface area contributed by atoms with Crippen LogP contribution in [0, 0.1) is 0 Å². The molecular formula is C16H17BrClNO. The summed E-state index contributed by atoms with van der Waals surface area (Å²) in [6, 6.07) is 14.2. The molecule has 0 bridgehead atoms. The van der Waals surface area contributed by atoms with Crippen LogP contribution in [0.5, 0.6) is 5.75 Å². The zero-order valence-corrected chi connectivity index (χ0v) is 13.8. The molecule has 2 nitrogen and oxygen atoms in total. The fourth-order valence-electron chi connectivity index (χ4n) is 2.18. The third kappa shape index (κ3) is 3.75. The third-order valence-corrected chi connectivity index (χ3v) is 4.21. The number of benzene rings is 2. The highest BCUT2D eigenvalue weighted by atomic mass is 79.9. The summed E-state index contributed by atoms with van der Waals surface area (Å²) in [5.41, 5.74) is 2.37. The summed E-state index contributed by atoms with van der Waals surface area (Å²) in [7, 11) is 3.64. The zero-order chi connectivity index (χ0) is 14.5. The Morgan fingerprint density at radius 2 is 2.05 bits per heavy atom. The molecule has 0 spiro atoms. The molecule has 4 heteroatoms. The first-order valence-electron chi connectivity index (χ1n) is 6.39. The van der Waals surface area contributed by atoms with Gasteiger partial charge in [0.15, 0.2) is 0 Å². The van der Waals surface area contributed by atoms with Crippen molar-refractivity contribution in [3.05, 3.63) is 63.1 Å². The second kappa shape index (κ2) is 7.11. The van der Waals surface area contributed by atoms with E-state index in [2.05, 4.69) is 33.4 Å². The SMILES string of the molecule is CNC(Cc1cccc(OC)c1)c1cc(Cl)ccc1Br. The second-order valence-electron chi connectivity index (χ2n) is 4.56. The van der Waals surface area contributed by atoms with Gasteiger partial charge in [0.25, 0.3) is 0 Å². The molecule has 1 atom stereocenters. The molecular weight excluding hydrogens is 338 g/mol. The van der Waals surface area contributed by atoms with E-state index in [9.17, 15) is 0 Å². The minimum atomic E-state index is 0.190. The highest BCUT2D eigenvalue weighted by molar-refractivity contribution is 9.10. The van der Waals surface area contributed by atoms with E-state index < -0.39 is 0 Å². The fraction of sp³-hybridized carbons (Fsp3) is 0.250. The van der Waals surface area contributed by atoms with Crippen LogP contribution in [0.15, 0.2) is 46.9 Å². The molecule has 2 rings (SSSR count). The average Bonchev–Trinajstić information content (AvgIpc) is 2.47. The summed E-state index contributed by atoms with van der Waals surface area (Å²) in [6.45, 7) is 0. The maximum Gasteiger partial charge on any atom is 0.119 e. The number of methoxy groups -OCH3 is 1. The molecule has 0 heterocycles. The predicted octanol–water partition coefficient (Wildman–Crippen LogP) is 4.61. The van der Waals surface area contributed by atoms with Crippen LogP contribution in [-0.4, -0.2) is 14.2 Å². The molecule has 1 N–H and O–H groups in total. The molecule has 1 unspecified atom stereocenters. The molecule has 0 amide bonds. The van der Waals surface area contributed by atoms with Gasteiger partial charge >= 0.3 is 0 Å². The van der Waals surface area contributed by atoms with Gasteiger partial charge in [-0.15, -0.1) is 0 Å². The number of ether oxygens (including phenoxy) is 1. The lowest BCUT2D eigenvalue weighted by Crippen LogP contribution is -2.19. The monoisotopic (exact) mass is 353 g/mol. The summed E-state index contributed by atoms with van der Waals surface area (Å²) >= 11 is 9.69. The number of likely N-dealkylation sites (N-methyl/N-ethyl adjacent to an activating group) is 1. The highest BCUT2D eigenvalue weighted by Gasteiger charge is 2.14. The number of hydrogen-bond acceptors (Lipinski definition) is 2. The number of rotatable bonds is 5. The summed E-state index contributed by atoms with van der Waals surface area (Å²) in [5.74, 6) is 0.877. The number of halogens is 2. The van der Waals surface area contributed by atoms with E-state index in [1.165, 1.54) is 5.56 Å². The Balaban J connectivity index is 2.26. The van der Waals surface area contributed by atoms with Gasteiger partial charge in [0, 0.05) is 15.5 Å². The molecule has 106 valence electrons. The summed E-state index contributed by atoms with van der Waals surface area (Å²) < 4.78 is 6.33. The van der Waals surface area contributed by atoms with E-state index in [1.807, 2.05) is 37.4 Å². The Labute approximate surface area is 133 Å².